The number of rotatable bonds is 8. The molecule has 1 atom stereocenters. The topological polar surface area (TPSA) is 95.5 Å². The number of carboxylic acid groups (broad SMARTS) is 1. The summed E-state index contributed by atoms with van der Waals surface area (Å²) in [4.78, 5) is 38.7. The highest BCUT2D eigenvalue weighted by Crippen LogP contribution is 2.29. The maximum Gasteiger partial charge on any atom is 0.335 e. The Morgan fingerprint density at radius 2 is 1.74 bits per heavy atom. The van der Waals surface area contributed by atoms with Crippen molar-refractivity contribution in [2.75, 3.05) is 6.61 Å². The van der Waals surface area contributed by atoms with Crippen molar-refractivity contribution in [1.29, 1.82) is 0 Å². The Bertz CT molecular complexity index is 1730. The van der Waals surface area contributed by atoms with Crippen molar-refractivity contribution in [3.8, 4) is 0 Å². The van der Waals surface area contributed by atoms with Gasteiger partial charge < -0.3 is 14.4 Å². The van der Waals surface area contributed by atoms with Crippen LogP contribution >= 0.6 is 0 Å². The lowest BCUT2D eigenvalue weighted by molar-refractivity contribution is -0.143. The molecule has 1 N–H and O–H groups in total. The van der Waals surface area contributed by atoms with E-state index >= 15 is 0 Å². The van der Waals surface area contributed by atoms with Crippen LogP contribution < -0.4 is 5.69 Å². The van der Waals surface area contributed by atoms with Crippen LogP contribution in [0.1, 0.15) is 46.4 Å². The molecule has 0 unspecified atom stereocenters. The first-order chi connectivity index (χ1) is 18.3. The molecule has 0 aliphatic heterocycles. The van der Waals surface area contributed by atoms with Crippen LogP contribution in [0.4, 0.5) is 0 Å². The van der Waals surface area contributed by atoms with Gasteiger partial charge in [0.1, 0.15) is 0 Å². The van der Waals surface area contributed by atoms with E-state index in [1.165, 1.54) is 16.7 Å². The second kappa shape index (κ2) is 10.0. The number of hydrogen-bond acceptors (Lipinski definition) is 4. The summed E-state index contributed by atoms with van der Waals surface area (Å²) in [7, 11) is 1.97. The van der Waals surface area contributed by atoms with Crippen molar-refractivity contribution in [2.24, 2.45) is 7.05 Å². The molecule has 0 saturated heterocycles. The van der Waals surface area contributed by atoms with Gasteiger partial charge in [-0.1, -0.05) is 42.5 Å². The Kier molecular flexibility index (Phi) is 6.63. The molecule has 0 saturated carbocycles. The van der Waals surface area contributed by atoms with Crippen molar-refractivity contribution in [3.05, 3.63) is 106 Å². The highest BCUT2D eigenvalue weighted by Gasteiger charge is 2.26. The minimum atomic E-state index is -1.09. The molecule has 8 heteroatoms. The van der Waals surface area contributed by atoms with Crippen LogP contribution in [0.3, 0.4) is 0 Å². The Hall–Kier alpha value is -4.59. The maximum absolute atomic E-state index is 14.2. The fourth-order valence-corrected chi connectivity index (χ4v) is 5.30. The molecule has 3 aromatic carbocycles. The number of benzene rings is 3. The molecule has 0 bridgehead atoms. The van der Waals surface area contributed by atoms with Gasteiger partial charge >= 0.3 is 17.6 Å². The van der Waals surface area contributed by atoms with Crippen LogP contribution in [-0.4, -0.2) is 37.4 Å². The summed E-state index contributed by atoms with van der Waals surface area (Å²) in [6.45, 7) is 4.29. The van der Waals surface area contributed by atoms with Gasteiger partial charge in [0.05, 0.1) is 42.2 Å². The molecular formula is C30H29N3O5. The Balaban J connectivity index is 1.75. The van der Waals surface area contributed by atoms with Crippen molar-refractivity contribution >= 4 is 33.9 Å². The van der Waals surface area contributed by atoms with E-state index in [-0.39, 0.29) is 30.8 Å². The largest absolute Gasteiger partial charge is 0.478 e. The summed E-state index contributed by atoms with van der Waals surface area (Å²) in [5.41, 5.74) is 4.68. The van der Waals surface area contributed by atoms with Gasteiger partial charge in [-0.3, -0.25) is 13.9 Å². The third-order valence-corrected chi connectivity index (χ3v) is 7.00. The highest BCUT2D eigenvalue weighted by molar-refractivity contribution is 5.93. The summed E-state index contributed by atoms with van der Waals surface area (Å²) in [6, 6.07) is 19.4. The molecule has 2 aromatic heterocycles. The van der Waals surface area contributed by atoms with Crippen LogP contribution in [0.2, 0.25) is 0 Å². The number of aromatic nitrogens is 3. The highest BCUT2D eigenvalue weighted by atomic mass is 16.5. The van der Waals surface area contributed by atoms with E-state index in [1.54, 1.807) is 17.6 Å². The predicted molar refractivity (Wildman–Crippen MR) is 146 cm³/mol. The van der Waals surface area contributed by atoms with E-state index < -0.39 is 18.0 Å². The van der Waals surface area contributed by atoms with E-state index in [2.05, 4.69) is 0 Å². The van der Waals surface area contributed by atoms with Gasteiger partial charge in [0.15, 0.2) is 0 Å². The average Bonchev–Trinajstić information content (AvgIpc) is 3.37. The van der Waals surface area contributed by atoms with Gasteiger partial charge in [-0.2, -0.15) is 0 Å². The summed E-state index contributed by atoms with van der Waals surface area (Å²) in [5, 5.41) is 10.8. The van der Waals surface area contributed by atoms with Crippen molar-refractivity contribution < 1.29 is 19.4 Å². The van der Waals surface area contributed by atoms with E-state index in [0.29, 0.717) is 11.0 Å². The quantitative estimate of drug-likeness (QED) is 0.299. The first kappa shape index (κ1) is 25.1. The molecule has 2 heterocycles. The zero-order valence-electron chi connectivity index (χ0n) is 21.5. The van der Waals surface area contributed by atoms with Gasteiger partial charge in [-0.25, -0.2) is 9.59 Å². The number of fused-ring (bicyclic) bond motifs is 2. The number of esters is 1. The Morgan fingerprint density at radius 1 is 0.974 bits per heavy atom. The third kappa shape index (κ3) is 4.38. The SMILES string of the molecule is CCOC(=O)C[C@H](c1ccccc1)n1c(=O)n(Cc2cn(C)c3cccc(C)c23)c2ccc(C(=O)O)cc21. The Labute approximate surface area is 219 Å². The molecule has 0 fully saturated rings. The molecular weight excluding hydrogens is 482 g/mol. The molecule has 0 amide bonds. The second-order valence-corrected chi connectivity index (χ2v) is 9.42. The van der Waals surface area contributed by atoms with E-state index in [4.69, 9.17) is 4.74 Å². The molecule has 5 rings (SSSR count). The number of hydrogen-bond donors (Lipinski definition) is 1. The molecule has 0 radical (unpaired) electrons. The summed E-state index contributed by atoms with van der Waals surface area (Å²) in [6.07, 6.45) is 1.95. The van der Waals surface area contributed by atoms with E-state index in [1.807, 2.05) is 73.3 Å². The van der Waals surface area contributed by atoms with Crippen LogP contribution in [0.25, 0.3) is 21.9 Å². The zero-order valence-corrected chi connectivity index (χ0v) is 21.5. The summed E-state index contributed by atoms with van der Waals surface area (Å²) in [5.74, 6) is -1.53. The molecule has 194 valence electrons. The average molecular weight is 512 g/mol. The second-order valence-electron chi connectivity index (χ2n) is 9.42. The number of carbonyl (C=O) groups is 2. The minimum absolute atomic E-state index is 0.0624. The molecule has 0 spiro atoms. The number of carbonyl (C=O) groups excluding carboxylic acids is 1. The molecule has 8 nitrogen and oxygen atoms in total. The number of carboxylic acids is 1. The number of nitrogens with zero attached hydrogens (tertiary/aromatic N) is 3. The first-order valence-electron chi connectivity index (χ1n) is 12.5. The van der Waals surface area contributed by atoms with E-state index in [9.17, 15) is 19.5 Å². The Morgan fingerprint density at radius 3 is 2.45 bits per heavy atom. The van der Waals surface area contributed by atoms with E-state index in [0.717, 1.165) is 27.6 Å². The third-order valence-electron chi connectivity index (χ3n) is 7.00. The first-order valence-corrected chi connectivity index (χ1v) is 12.5. The normalized spacial score (nSPS) is 12.2. The molecule has 38 heavy (non-hydrogen) atoms. The van der Waals surface area contributed by atoms with Gasteiger partial charge in [0.2, 0.25) is 0 Å². The van der Waals surface area contributed by atoms with Crippen molar-refractivity contribution in [1.82, 2.24) is 13.7 Å². The fraction of sp³-hybridized carbons (Fsp3) is 0.233. The smallest absolute Gasteiger partial charge is 0.335 e. The number of ether oxygens (including phenoxy) is 1. The summed E-state index contributed by atoms with van der Waals surface area (Å²) >= 11 is 0. The fourth-order valence-electron chi connectivity index (χ4n) is 5.30. The minimum Gasteiger partial charge on any atom is -0.478 e. The molecule has 5 aromatic rings. The standard InChI is InChI=1S/C30H29N3O5/c1-4-38-27(34)16-25(20-10-6-5-7-11-20)33-26-15-21(29(35)36)13-14-23(26)32(30(33)37)18-22-17-31(3)24-12-8-9-19(2)28(22)24/h5-15,17,25H,4,16,18H2,1-3H3,(H,35,36)/t25-/m1/s1. The van der Waals surface area contributed by atoms with Crippen LogP contribution in [0.15, 0.2) is 77.7 Å². The molecule has 0 aliphatic carbocycles. The predicted octanol–water partition coefficient (Wildman–Crippen LogP) is 4.89. The van der Waals surface area contributed by atoms with Crippen LogP contribution in [0.5, 0.6) is 0 Å². The number of aromatic carboxylic acids is 1. The van der Waals surface area contributed by atoms with Gasteiger partial charge in [0, 0.05) is 24.1 Å². The lowest BCUT2D eigenvalue weighted by Crippen LogP contribution is -2.30. The van der Waals surface area contributed by atoms with Gasteiger partial charge in [-0.15, -0.1) is 0 Å². The van der Waals surface area contributed by atoms with Crippen molar-refractivity contribution in [3.63, 3.8) is 0 Å². The molecule has 0 aliphatic rings. The van der Waals surface area contributed by atoms with Crippen molar-refractivity contribution in [2.45, 2.75) is 32.9 Å². The maximum atomic E-state index is 14.2. The van der Waals surface area contributed by atoms with Crippen LogP contribution in [-0.2, 0) is 23.1 Å². The zero-order chi connectivity index (χ0) is 27.0. The lowest BCUT2D eigenvalue weighted by Gasteiger charge is -2.19. The summed E-state index contributed by atoms with van der Waals surface area (Å²) < 4.78 is 10.5. The number of aryl methyl sites for hydroxylation is 2. The van der Waals surface area contributed by atoms with Gasteiger partial charge in [0.25, 0.3) is 0 Å². The number of imidazole rings is 1. The lowest BCUT2D eigenvalue weighted by atomic mass is 10.0. The monoisotopic (exact) mass is 511 g/mol. The van der Waals surface area contributed by atoms with Gasteiger partial charge in [-0.05, 0) is 54.8 Å². The van der Waals surface area contributed by atoms with Crippen LogP contribution in [0, 0.1) is 6.92 Å².